The minimum Gasteiger partial charge on any atom is -0.330 e. The first-order chi connectivity index (χ1) is 8.19. The Morgan fingerprint density at radius 1 is 1.47 bits per heavy atom. The first kappa shape index (κ1) is 12.7. The summed E-state index contributed by atoms with van der Waals surface area (Å²) >= 11 is 5.24. The van der Waals surface area contributed by atoms with Gasteiger partial charge >= 0.3 is 0 Å². The number of aromatic nitrogens is 1. The molecule has 0 bridgehead atoms. The average molecular weight is 311 g/mol. The number of nitrogens with two attached hydrogens (primary N) is 1. The van der Waals surface area contributed by atoms with Gasteiger partial charge in [0.1, 0.15) is 0 Å². The van der Waals surface area contributed by atoms with Crippen LogP contribution in [0.25, 0.3) is 0 Å². The van der Waals surface area contributed by atoms with Crippen molar-refractivity contribution in [3.63, 3.8) is 0 Å². The van der Waals surface area contributed by atoms with Crippen molar-refractivity contribution in [3.8, 4) is 0 Å². The number of rotatable bonds is 4. The maximum atomic E-state index is 5.66. The zero-order chi connectivity index (χ0) is 12.3. The molecule has 0 spiro atoms. The third kappa shape index (κ3) is 3.37. The summed E-state index contributed by atoms with van der Waals surface area (Å²) in [4.78, 5) is 5.73. The van der Waals surface area contributed by atoms with E-state index in [1.807, 2.05) is 12.3 Å². The molecule has 0 saturated carbocycles. The van der Waals surface area contributed by atoms with Crippen molar-refractivity contribution < 1.29 is 0 Å². The average Bonchev–Trinajstić information content (AvgIpc) is 2.76. The van der Waals surface area contributed by atoms with Gasteiger partial charge in [0.25, 0.3) is 0 Å². The summed E-state index contributed by atoms with van der Waals surface area (Å²) < 4.78 is 1.11. The molecule has 0 fully saturated rings. The summed E-state index contributed by atoms with van der Waals surface area (Å²) in [6.45, 7) is 2.81. The predicted molar refractivity (Wildman–Crippen MR) is 76.5 cm³/mol. The van der Waals surface area contributed by atoms with Gasteiger partial charge < -0.3 is 5.73 Å². The van der Waals surface area contributed by atoms with E-state index in [1.165, 1.54) is 10.4 Å². The molecule has 90 valence electrons. The first-order valence-electron chi connectivity index (χ1n) is 5.58. The van der Waals surface area contributed by atoms with E-state index in [9.17, 15) is 0 Å². The SMILES string of the molecule is CC(CN)c1cnc(Cc2cccc(Br)c2)s1. The molecular formula is C13H15BrN2S. The molecule has 1 aromatic carbocycles. The highest BCUT2D eigenvalue weighted by Crippen LogP contribution is 2.24. The van der Waals surface area contributed by atoms with Crippen LogP contribution < -0.4 is 5.73 Å². The van der Waals surface area contributed by atoms with Crippen LogP contribution >= 0.6 is 27.3 Å². The van der Waals surface area contributed by atoms with Gasteiger partial charge in [0, 0.05) is 27.9 Å². The topological polar surface area (TPSA) is 38.9 Å². The summed E-state index contributed by atoms with van der Waals surface area (Å²) in [6.07, 6.45) is 2.84. The maximum absolute atomic E-state index is 5.66. The van der Waals surface area contributed by atoms with Crippen LogP contribution in [0.5, 0.6) is 0 Å². The number of benzene rings is 1. The van der Waals surface area contributed by atoms with Crippen molar-refractivity contribution in [2.45, 2.75) is 19.3 Å². The van der Waals surface area contributed by atoms with Crippen molar-refractivity contribution in [2.24, 2.45) is 5.73 Å². The Hall–Kier alpha value is -0.710. The first-order valence-corrected chi connectivity index (χ1v) is 7.19. The van der Waals surface area contributed by atoms with Crippen LogP contribution in [-0.4, -0.2) is 11.5 Å². The molecule has 0 aliphatic rings. The van der Waals surface area contributed by atoms with Gasteiger partial charge in [-0.3, -0.25) is 0 Å². The van der Waals surface area contributed by atoms with Gasteiger partial charge in [-0.15, -0.1) is 11.3 Å². The highest BCUT2D eigenvalue weighted by Gasteiger charge is 2.08. The summed E-state index contributed by atoms with van der Waals surface area (Å²) in [5.74, 6) is 0.406. The molecule has 0 aliphatic heterocycles. The van der Waals surface area contributed by atoms with Gasteiger partial charge in [-0.1, -0.05) is 35.0 Å². The third-order valence-electron chi connectivity index (χ3n) is 2.66. The van der Waals surface area contributed by atoms with E-state index in [2.05, 4.69) is 46.0 Å². The van der Waals surface area contributed by atoms with Crippen molar-refractivity contribution >= 4 is 27.3 Å². The standard InChI is InChI=1S/C13H15BrN2S/c1-9(7-15)12-8-16-13(17-12)6-10-3-2-4-11(14)5-10/h2-5,8-9H,6-7,15H2,1H3. The molecule has 0 saturated heterocycles. The molecule has 1 aromatic heterocycles. The molecule has 2 N–H and O–H groups in total. The van der Waals surface area contributed by atoms with E-state index in [0.717, 1.165) is 15.9 Å². The third-order valence-corrected chi connectivity index (χ3v) is 4.38. The molecule has 0 amide bonds. The van der Waals surface area contributed by atoms with Gasteiger partial charge in [0.2, 0.25) is 0 Å². The van der Waals surface area contributed by atoms with Crippen molar-refractivity contribution in [1.29, 1.82) is 0 Å². The fraction of sp³-hybridized carbons (Fsp3) is 0.308. The summed E-state index contributed by atoms with van der Waals surface area (Å²) in [5, 5.41) is 1.15. The lowest BCUT2D eigenvalue weighted by atomic mass is 10.1. The molecule has 0 aliphatic carbocycles. The lowest BCUT2D eigenvalue weighted by Crippen LogP contribution is -2.07. The van der Waals surface area contributed by atoms with Crippen molar-refractivity contribution in [3.05, 3.63) is 50.4 Å². The fourth-order valence-electron chi connectivity index (χ4n) is 1.57. The van der Waals surface area contributed by atoms with E-state index in [1.54, 1.807) is 11.3 Å². The van der Waals surface area contributed by atoms with Gasteiger partial charge in [0.15, 0.2) is 0 Å². The van der Waals surface area contributed by atoms with E-state index in [-0.39, 0.29) is 0 Å². The van der Waals surface area contributed by atoms with Crippen molar-refractivity contribution in [1.82, 2.24) is 4.98 Å². The lowest BCUT2D eigenvalue weighted by molar-refractivity contribution is 0.787. The van der Waals surface area contributed by atoms with Crippen LogP contribution in [0.3, 0.4) is 0 Å². The largest absolute Gasteiger partial charge is 0.330 e. The van der Waals surface area contributed by atoms with Gasteiger partial charge in [-0.25, -0.2) is 4.98 Å². The molecule has 2 nitrogen and oxygen atoms in total. The lowest BCUT2D eigenvalue weighted by Gasteiger charge is -2.02. The van der Waals surface area contributed by atoms with Crippen molar-refractivity contribution in [2.75, 3.05) is 6.54 Å². The summed E-state index contributed by atoms with van der Waals surface area (Å²) in [5.41, 5.74) is 6.94. The number of halogens is 1. The van der Waals surface area contributed by atoms with Crippen LogP contribution in [-0.2, 0) is 6.42 Å². The number of hydrogen-bond acceptors (Lipinski definition) is 3. The zero-order valence-electron chi connectivity index (χ0n) is 9.69. The molecule has 2 rings (SSSR count). The van der Waals surface area contributed by atoms with Gasteiger partial charge in [0.05, 0.1) is 5.01 Å². The molecule has 1 unspecified atom stereocenters. The Morgan fingerprint density at radius 3 is 3.00 bits per heavy atom. The Kier molecular flexibility index (Phi) is 4.31. The van der Waals surface area contributed by atoms with E-state index < -0.39 is 0 Å². The highest BCUT2D eigenvalue weighted by atomic mass is 79.9. The minimum absolute atomic E-state index is 0.406. The van der Waals surface area contributed by atoms with Gasteiger partial charge in [-0.05, 0) is 24.2 Å². The normalized spacial score (nSPS) is 12.6. The number of thiazole rings is 1. The summed E-state index contributed by atoms with van der Waals surface area (Å²) in [6, 6.07) is 8.34. The Labute approximate surface area is 114 Å². The smallest absolute Gasteiger partial charge is 0.0971 e. The van der Waals surface area contributed by atoms with Crippen LogP contribution in [0.4, 0.5) is 0 Å². The molecular weight excluding hydrogens is 296 g/mol. The van der Waals surface area contributed by atoms with E-state index in [4.69, 9.17) is 5.73 Å². The van der Waals surface area contributed by atoms with E-state index in [0.29, 0.717) is 12.5 Å². The Bertz CT molecular complexity index is 496. The maximum Gasteiger partial charge on any atom is 0.0971 e. The monoisotopic (exact) mass is 310 g/mol. The minimum atomic E-state index is 0.406. The van der Waals surface area contributed by atoms with Gasteiger partial charge in [-0.2, -0.15) is 0 Å². The quantitative estimate of drug-likeness (QED) is 0.937. The predicted octanol–water partition coefficient (Wildman–Crippen LogP) is 3.56. The molecule has 1 atom stereocenters. The second-order valence-corrected chi connectivity index (χ2v) is 6.16. The fourth-order valence-corrected chi connectivity index (χ4v) is 3.04. The zero-order valence-corrected chi connectivity index (χ0v) is 12.1. The van der Waals surface area contributed by atoms with Crippen LogP contribution in [0.2, 0.25) is 0 Å². The van der Waals surface area contributed by atoms with Crippen LogP contribution in [0, 0.1) is 0 Å². The Balaban J connectivity index is 2.11. The van der Waals surface area contributed by atoms with Crippen LogP contribution in [0.15, 0.2) is 34.9 Å². The summed E-state index contributed by atoms with van der Waals surface area (Å²) in [7, 11) is 0. The molecule has 2 aromatic rings. The number of hydrogen-bond donors (Lipinski definition) is 1. The highest BCUT2D eigenvalue weighted by molar-refractivity contribution is 9.10. The Morgan fingerprint density at radius 2 is 2.29 bits per heavy atom. The van der Waals surface area contributed by atoms with E-state index >= 15 is 0 Å². The second kappa shape index (κ2) is 5.76. The second-order valence-electron chi connectivity index (χ2n) is 4.10. The van der Waals surface area contributed by atoms with Crippen LogP contribution in [0.1, 0.15) is 28.3 Å². The molecule has 17 heavy (non-hydrogen) atoms. The number of nitrogens with zero attached hydrogens (tertiary/aromatic N) is 1. The molecule has 1 heterocycles. The molecule has 0 radical (unpaired) electrons. The molecule has 4 heteroatoms.